The maximum absolute atomic E-state index is 4.87. The Labute approximate surface area is 60.4 Å². The molecule has 0 rings (SSSR count). The van der Waals surface area contributed by atoms with E-state index < -0.39 is 5.91 Å². The Kier molecular flexibility index (Phi) is 6.95. The first-order valence-corrected chi connectivity index (χ1v) is 2.63. The van der Waals surface area contributed by atoms with Crippen molar-refractivity contribution < 1.29 is 25.4 Å². The number of ether oxygens (including phenoxy) is 3. The number of rotatable bonds is 4. The van der Waals surface area contributed by atoms with Crippen LogP contribution in [0.25, 0.3) is 0 Å². The predicted octanol–water partition coefficient (Wildman–Crippen LogP) is -1.36. The summed E-state index contributed by atoms with van der Waals surface area (Å²) in [6, 6.07) is 0. The maximum atomic E-state index is 4.87. The monoisotopic (exact) mass is 153 g/mol. The van der Waals surface area contributed by atoms with Crippen LogP contribution in [0, 0.1) is 0 Å². The summed E-state index contributed by atoms with van der Waals surface area (Å²) in [6.45, 7) is 0.333. The van der Waals surface area contributed by atoms with Crippen LogP contribution in [0.3, 0.4) is 0 Å². The lowest BCUT2D eigenvalue weighted by Gasteiger charge is -2.19. The number of quaternary nitrogens is 1. The summed E-state index contributed by atoms with van der Waals surface area (Å²) in [5.74, 6) is -0.839. The van der Waals surface area contributed by atoms with Crippen molar-refractivity contribution in [2.24, 2.45) is 0 Å². The van der Waals surface area contributed by atoms with Crippen LogP contribution >= 0.6 is 0 Å². The molecule has 0 aliphatic heterocycles. The molecular formula is C5H15NO4. The second-order valence-electron chi connectivity index (χ2n) is 1.75. The molecule has 0 radical (unpaired) electrons. The van der Waals surface area contributed by atoms with Crippen LogP contribution in [0.1, 0.15) is 0 Å². The van der Waals surface area contributed by atoms with Gasteiger partial charge in [-0.05, 0) is 0 Å². The molecule has 0 unspecified atom stereocenters. The van der Waals surface area contributed by atoms with E-state index in [9.17, 15) is 0 Å². The van der Waals surface area contributed by atoms with Crippen molar-refractivity contribution in [2.45, 2.75) is 5.91 Å². The van der Waals surface area contributed by atoms with Crippen LogP contribution in [-0.4, -0.2) is 39.3 Å². The normalized spacial score (nSPS) is 10.8. The van der Waals surface area contributed by atoms with Crippen molar-refractivity contribution in [3.05, 3.63) is 0 Å². The molecule has 0 aromatic heterocycles. The molecule has 4 N–H and O–H groups in total. The van der Waals surface area contributed by atoms with Gasteiger partial charge in [-0.25, -0.2) is 0 Å². The van der Waals surface area contributed by atoms with Crippen LogP contribution in [0.2, 0.25) is 0 Å². The highest BCUT2D eigenvalue weighted by Crippen LogP contribution is 1.97. The molecule has 64 valence electrons. The van der Waals surface area contributed by atoms with Gasteiger partial charge in [0.05, 0.1) is 0 Å². The Bertz CT molecular complexity index is 74.0. The third kappa shape index (κ3) is 3.76. The highest BCUT2D eigenvalue weighted by Gasteiger charge is 2.27. The first-order valence-electron chi connectivity index (χ1n) is 2.63. The molecule has 0 saturated heterocycles. The van der Waals surface area contributed by atoms with Crippen molar-refractivity contribution in [2.75, 3.05) is 27.9 Å². The van der Waals surface area contributed by atoms with Crippen LogP contribution in [0.5, 0.6) is 0 Å². The zero-order valence-electron chi connectivity index (χ0n) is 6.59. The third-order valence-corrected chi connectivity index (χ3v) is 1.11. The lowest BCUT2D eigenvalue weighted by atomic mass is 10.5. The topological polar surface area (TPSA) is 85.3 Å². The zero-order chi connectivity index (χ0) is 7.33. The SMILES string of the molecule is COCC([NH3+])(OC)OC.[OH-]. The second kappa shape index (κ2) is 5.57. The van der Waals surface area contributed by atoms with E-state index in [2.05, 4.69) is 5.73 Å². The number of hydrogen-bond donors (Lipinski definition) is 1. The van der Waals surface area contributed by atoms with Gasteiger partial charge in [-0.2, -0.15) is 0 Å². The lowest BCUT2D eigenvalue weighted by molar-refractivity contribution is -0.631. The van der Waals surface area contributed by atoms with Crippen molar-refractivity contribution in [1.82, 2.24) is 0 Å². The summed E-state index contributed by atoms with van der Waals surface area (Å²) >= 11 is 0. The van der Waals surface area contributed by atoms with Gasteiger partial charge in [-0.1, -0.05) is 0 Å². The average molecular weight is 153 g/mol. The van der Waals surface area contributed by atoms with Crippen molar-refractivity contribution in [3.8, 4) is 0 Å². The van der Waals surface area contributed by atoms with E-state index in [4.69, 9.17) is 14.2 Å². The molecule has 0 spiro atoms. The van der Waals surface area contributed by atoms with E-state index in [0.717, 1.165) is 0 Å². The molecule has 0 aromatic carbocycles. The Hall–Kier alpha value is -0.200. The highest BCUT2D eigenvalue weighted by atomic mass is 16.7. The molecule has 0 amide bonds. The van der Waals surface area contributed by atoms with Crippen molar-refractivity contribution in [1.29, 1.82) is 0 Å². The fourth-order valence-electron chi connectivity index (χ4n) is 0.421. The minimum absolute atomic E-state index is 0. The molecule has 0 heterocycles. The summed E-state index contributed by atoms with van der Waals surface area (Å²) < 4.78 is 14.5. The van der Waals surface area contributed by atoms with Crippen LogP contribution in [0.15, 0.2) is 0 Å². The molecule has 0 aliphatic rings. The van der Waals surface area contributed by atoms with Crippen LogP contribution < -0.4 is 5.73 Å². The number of methoxy groups -OCH3 is 3. The van der Waals surface area contributed by atoms with E-state index in [1.54, 1.807) is 7.11 Å². The van der Waals surface area contributed by atoms with Crippen molar-refractivity contribution >= 4 is 0 Å². The van der Waals surface area contributed by atoms with Crippen LogP contribution in [0.4, 0.5) is 0 Å². The van der Waals surface area contributed by atoms with Gasteiger partial charge in [-0.3, -0.25) is 0 Å². The summed E-state index contributed by atoms with van der Waals surface area (Å²) in [4.78, 5) is 0. The molecule has 10 heavy (non-hydrogen) atoms. The summed E-state index contributed by atoms with van der Waals surface area (Å²) in [5.41, 5.74) is 3.63. The fraction of sp³-hybridized carbons (Fsp3) is 1.00. The zero-order valence-corrected chi connectivity index (χ0v) is 6.59. The number of hydrogen-bond acceptors (Lipinski definition) is 4. The molecule has 0 bridgehead atoms. The minimum Gasteiger partial charge on any atom is -0.870 e. The highest BCUT2D eigenvalue weighted by molar-refractivity contribution is 4.44. The van der Waals surface area contributed by atoms with E-state index in [-0.39, 0.29) is 5.48 Å². The maximum Gasteiger partial charge on any atom is 0.338 e. The van der Waals surface area contributed by atoms with E-state index >= 15 is 0 Å². The third-order valence-electron chi connectivity index (χ3n) is 1.11. The fourth-order valence-corrected chi connectivity index (χ4v) is 0.421. The molecule has 0 saturated carbocycles. The summed E-state index contributed by atoms with van der Waals surface area (Å²) in [6.07, 6.45) is 0. The first kappa shape index (κ1) is 12.5. The molecule has 0 atom stereocenters. The second-order valence-corrected chi connectivity index (χ2v) is 1.75. The molecular weight excluding hydrogens is 138 g/mol. The van der Waals surface area contributed by atoms with Gasteiger partial charge in [0.2, 0.25) is 0 Å². The molecule has 0 aromatic rings. The van der Waals surface area contributed by atoms with Gasteiger partial charge in [0.25, 0.3) is 0 Å². The first-order chi connectivity index (χ1) is 4.18. The van der Waals surface area contributed by atoms with Gasteiger partial charge >= 0.3 is 5.91 Å². The molecule has 0 aliphatic carbocycles. The molecule has 0 fully saturated rings. The quantitative estimate of drug-likeness (QED) is 0.506. The van der Waals surface area contributed by atoms with E-state index in [1.807, 2.05) is 0 Å². The van der Waals surface area contributed by atoms with Crippen LogP contribution in [-0.2, 0) is 14.2 Å². The van der Waals surface area contributed by atoms with E-state index in [1.165, 1.54) is 14.2 Å². The van der Waals surface area contributed by atoms with Gasteiger partial charge in [-0.15, -0.1) is 0 Å². The smallest absolute Gasteiger partial charge is 0.338 e. The Morgan fingerprint density at radius 2 is 1.60 bits per heavy atom. The Morgan fingerprint density at radius 1 is 1.20 bits per heavy atom. The van der Waals surface area contributed by atoms with E-state index in [0.29, 0.717) is 6.61 Å². The average Bonchev–Trinajstić information content (AvgIpc) is 1.89. The predicted molar refractivity (Wildman–Crippen MR) is 33.4 cm³/mol. The van der Waals surface area contributed by atoms with Crippen molar-refractivity contribution in [3.63, 3.8) is 0 Å². The van der Waals surface area contributed by atoms with Gasteiger partial charge in [0.15, 0.2) is 6.61 Å². The Morgan fingerprint density at radius 3 is 1.70 bits per heavy atom. The van der Waals surface area contributed by atoms with Gasteiger partial charge in [0, 0.05) is 21.3 Å². The minimum atomic E-state index is -0.839. The van der Waals surface area contributed by atoms with Gasteiger partial charge in [0.1, 0.15) is 0 Å². The molecule has 5 heteroatoms. The van der Waals surface area contributed by atoms with Gasteiger partial charge < -0.3 is 25.4 Å². The standard InChI is InChI=1S/C5H13NO3.H2O/c1-7-4-5(6,8-2)9-3;/h4,6H2,1-3H3;1H2. The Balaban J connectivity index is 0. The summed E-state index contributed by atoms with van der Waals surface area (Å²) in [7, 11) is 4.61. The summed E-state index contributed by atoms with van der Waals surface area (Å²) in [5, 5.41) is 0. The lowest BCUT2D eigenvalue weighted by Crippen LogP contribution is -2.77. The largest absolute Gasteiger partial charge is 0.870 e. The molecule has 5 nitrogen and oxygen atoms in total.